The molecule has 0 radical (unpaired) electrons. The molecule has 2 heterocycles. The number of benzene rings is 1. The van der Waals surface area contributed by atoms with Crippen molar-refractivity contribution in [3.8, 4) is 0 Å². The van der Waals surface area contributed by atoms with Gasteiger partial charge in [-0.2, -0.15) is 0 Å². The van der Waals surface area contributed by atoms with Crippen LogP contribution >= 0.6 is 0 Å². The van der Waals surface area contributed by atoms with Gasteiger partial charge in [-0.05, 0) is 24.1 Å². The van der Waals surface area contributed by atoms with Gasteiger partial charge in [-0.15, -0.1) is 0 Å². The number of rotatable bonds is 5. The summed E-state index contributed by atoms with van der Waals surface area (Å²) in [5.41, 5.74) is 0.958. The van der Waals surface area contributed by atoms with Gasteiger partial charge in [0.05, 0.1) is 0 Å². The second-order valence-electron chi connectivity index (χ2n) is 6.35. The number of hydrogen-bond donors (Lipinski definition) is 1. The van der Waals surface area contributed by atoms with Crippen LogP contribution in [-0.4, -0.2) is 40.0 Å². The lowest BCUT2D eigenvalue weighted by atomic mass is 9.95. The fourth-order valence-corrected chi connectivity index (χ4v) is 3.26. The lowest BCUT2D eigenvalue weighted by molar-refractivity contribution is -0.136. The Morgan fingerprint density at radius 3 is 2.76 bits per heavy atom. The first-order valence-electron chi connectivity index (χ1n) is 8.44. The standard InChI is InChI=1S/C19H23FN4O/c1-23-13-12-22-19(23)18-16(9-10-17(25)24(18)2)21-11-3-4-14-5-7-15(20)8-6-14/h3-8,12-13,16,18,21H,9-11H2,1-2H3/b4-3+/t16-,18-/m1/s1. The Morgan fingerprint density at radius 2 is 2.08 bits per heavy atom. The van der Waals surface area contributed by atoms with E-state index >= 15 is 0 Å². The molecule has 1 aliphatic heterocycles. The summed E-state index contributed by atoms with van der Waals surface area (Å²) < 4.78 is 14.9. The molecule has 1 fully saturated rings. The molecule has 1 amide bonds. The summed E-state index contributed by atoms with van der Waals surface area (Å²) in [5.74, 6) is 0.798. The number of hydrogen-bond acceptors (Lipinski definition) is 3. The van der Waals surface area contributed by atoms with Gasteiger partial charge in [0.25, 0.3) is 0 Å². The summed E-state index contributed by atoms with van der Waals surface area (Å²) in [6, 6.07) is 6.45. The summed E-state index contributed by atoms with van der Waals surface area (Å²) >= 11 is 0. The largest absolute Gasteiger partial charge is 0.336 e. The second-order valence-corrected chi connectivity index (χ2v) is 6.35. The number of aryl methyl sites for hydroxylation is 1. The van der Waals surface area contributed by atoms with E-state index in [0.717, 1.165) is 17.8 Å². The molecule has 0 saturated carbocycles. The number of piperidine rings is 1. The molecule has 0 bridgehead atoms. The van der Waals surface area contributed by atoms with Crippen molar-refractivity contribution < 1.29 is 9.18 Å². The van der Waals surface area contributed by atoms with Gasteiger partial charge in [0.2, 0.25) is 5.91 Å². The molecule has 1 N–H and O–H groups in total. The first-order valence-corrected chi connectivity index (χ1v) is 8.44. The van der Waals surface area contributed by atoms with Crippen molar-refractivity contribution in [2.45, 2.75) is 24.9 Å². The Labute approximate surface area is 147 Å². The second kappa shape index (κ2) is 7.61. The molecule has 1 aliphatic rings. The number of carbonyl (C=O) groups excluding carboxylic acids is 1. The highest BCUT2D eigenvalue weighted by Gasteiger charge is 2.36. The number of halogens is 1. The summed E-state index contributed by atoms with van der Waals surface area (Å²) in [5, 5.41) is 3.51. The molecule has 0 unspecified atom stereocenters. The number of likely N-dealkylation sites (tertiary alicyclic amines) is 1. The molecule has 2 atom stereocenters. The van der Waals surface area contributed by atoms with Crippen LogP contribution in [0.1, 0.15) is 30.3 Å². The first kappa shape index (κ1) is 17.4. The van der Waals surface area contributed by atoms with Crippen LogP contribution in [0.3, 0.4) is 0 Å². The molecule has 6 heteroatoms. The highest BCUT2D eigenvalue weighted by molar-refractivity contribution is 5.77. The fourth-order valence-electron chi connectivity index (χ4n) is 3.26. The third kappa shape index (κ3) is 3.96. The van der Waals surface area contributed by atoms with E-state index in [2.05, 4.69) is 10.3 Å². The molecule has 25 heavy (non-hydrogen) atoms. The first-order chi connectivity index (χ1) is 12.1. The minimum absolute atomic E-state index is 0.0829. The number of nitrogens with one attached hydrogen (secondary N) is 1. The summed E-state index contributed by atoms with van der Waals surface area (Å²) in [6.07, 6.45) is 8.95. The average Bonchev–Trinajstić information content (AvgIpc) is 3.02. The van der Waals surface area contributed by atoms with Crippen LogP contribution in [0.4, 0.5) is 4.39 Å². The predicted octanol–water partition coefficient (Wildman–Crippen LogP) is 2.52. The Hall–Kier alpha value is -2.47. The molecule has 3 rings (SSSR count). The van der Waals surface area contributed by atoms with E-state index in [1.807, 2.05) is 37.0 Å². The lowest BCUT2D eigenvalue weighted by Crippen LogP contribution is -2.50. The average molecular weight is 342 g/mol. The van der Waals surface area contributed by atoms with Crippen molar-refractivity contribution in [2.75, 3.05) is 13.6 Å². The number of amides is 1. The molecule has 2 aromatic rings. The normalized spacial score (nSPS) is 21.2. The van der Waals surface area contributed by atoms with Crippen molar-refractivity contribution in [3.05, 3.63) is 59.9 Å². The molecule has 0 aliphatic carbocycles. The van der Waals surface area contributed by atoms with Crippen LogP contribution in [-0.2, 0) is 11.8 Å². The van der Waals surface area contributed by atoms with Gasteiger partial charge >= 0.3 is 0 Å². The van der Waals surface area contributed by atoms with Crippen LogP contribution in [0.15, 0.2) is 42.7 Å². The van der Waals surface area contributed by atoms with E-state index in [-0.39, 0.29) is 23.8 Å². The maximum Gasteiger partial charge on any atom is 0.223 e. The Bertz CT molecular complexity index is 753. The minimum atomic E-state index is -0.233. The number of likely N-dealkylation sites (N-methyl/N-ethyl adjacent to an activating group) is 1. The van der Waals surface area contributed by atoms with Crippen molar-refractivity contribution in [3.63, 3.8) is 0 Å². The topological polar surface area (TPSA) is 50.2 Å². The number of aromatic nitrogens is 2. The van der Waals surface area contributed by atoms with E-state index in [4.69, 9.17) is 0 Å². The van der Waals surface area contributed by atoms with E-state index in [9.17, 15) is 9.18 Å². The zero-order valence-electron chi connectivity index (χ0n) is 14.5. The van der Waals surface area contributed by atoms with Gasteiger partial charge in [-0.25, -0.2) is 9.37 Å². The fraction of sp³-hybridized carbons (Fsp3) is 0.368. The molecular weight excluding hydrogens is 319 g/mol. The highest BCUT2D eigenvalue weighted by Crippen LogP contribution is 2.29. The van der Waals surface area contributed by atoms with E-state index < -0.39 is 0 Å². The Kier molecular flexibility index (Phi) is 5.28. The molecule has 1 aromatic carbocycles. The van der Waals surface area contributed by atoms with E-state index in [1.54, 1.807) is 23.2 Å². The van der Waals surface area contributed by atoms with Gasteiger partial charge in [0.15, 0.2) is 0 Å². The molecular formula is C19H23FN4O. The van der Waals surface area contributed by atoms with Crippen LogP contribution in [0.2, 0.25) is 0 Å². The maximum atomic E-state index is 12.9. The van der Waals surface area contributed by atoms with Crippen molar-refractivity contribution in [1.29, 1.82) is 0 Å². The third-order valence-corrected chi connectivity index (χ3v) is 4.66. The van der Waals surface area contributed by atoms with Gasteiger partial charge in [-0.1, -0.05) is 24.3 Å². The van der Waals surface area contributed by atoms with Gasteiger partial charge in [0, 0.05) is 45.5 Å². The summed E-state index contributed by atoms with van der Waals surface area (Å²) in [6.45, 7) is 0.672. The number of nitrogens with zero attached hydrogens (tertiary/aromatic N) is 3. The lowest BCUT2D eigenvalue weighted by Gasteiger charge is -2.38. The van der Waals surface area contributed by atoms with Crippen LogP contribution in [0.25, 0.3) is 6.08 Å². The highest BCUT2D eigenvalue weighted by atomic mass is 19.1. The van der Waals surface area contributed by atoms with E-state index in [1.165, 1.54) is 12.1 Å². The Balaban J connectivity index is 1.66. The van der Waals surface area contributed by atoms with Crippen LogP contribution in [0, 0.1) is 5.82 Å². The molecule has 0 spiro atoms. The predicted molar refractivity (Wildman–Crippen MR) is 95.2 cm³/mol. The van der Waals surface area contributed by atoms with Crippen molar-refractivity contribution in [2.24, 2.45) is 7.05 Å². The van der Waals surface area contributed by atoms with E-state index in [0.29, 0.717) is 13.0 Å². The monoisotopic (exact) mass is 342 g/mol. The molecule has 1 aromatic heterocycles. The quantitative estimate of drug-likeness (QED) is 0.908. The van der Waals surface area contributed by atoms with Gasteiger partial charge in [-0.3, -0.25) is 4.79 Å². The van der Waals surface area contributed by atoms with Crippen molar-refractivity contribution in [1.82, 2.24) is 19.8 Å². The van der Waals surface area contributed by atoms with Crippen LogP contribution in [0.5, 0.6) is 0 Å². The minimum Gasteiger partial charge on any atom is -0.336 e. The number of imidazole rings is 1. The SMILES string of the molecule is CN1C(=O)CC[C@@H](NC/C=C/c2ccc(F)cc2)[C@@H]1c1nccn1C. The molecule has 132 valence electrons. The summed E-state index contributed by atoms with van der Waals surface area (Å²) in [4.78, 5) is 18.3. The molecule has 5 nitrogen and oxygen atoms in total. The zero-order valence-corrected chi connectivity index (χ0v) is 14.5. The summed E-state index contributed by atoms with van der Waals surface area (Å²) in [7, 11) is 3.78. The van der Waals surface area contributed by atoms with Crippen molar-refractivity contribution >= 4 is 12.0 Å². The van der Waals surface area contributed by atoms with Gasteiger partial charge < -0.3 is 14.8 Å². The molecule has 1 saturated heterocycles. The smallest absolute Gasteiger partial charge is 0.223 e. The third-order valence-electron chi connectivity index (χ3n) is 4.66. The zero-order chi connectivity index (χ0) is 17.8. The number of carbonyl (C=O) groups is 1. The van der Waals surface area contributed by atoms with Gasteiger partial charge in [0.1, 0.15) is 17.7 Å². The van der Waals surface area contributed by atoms with Crippen LogP contribution < -0.4 is 5.32 Å². The Morgan fingerprint density at radius 1 is 1.32 bits per heavy atom. The maximum absolute atomic E-state index is 12.9.